The number of nitrogen functional groups attached to an aromatic ring is 2. The number of nitrogens with two attached hydrogens (primary N) is 2. The second-order valence-corrected chi connectivity index (χ2v) is 23.7. The number of nitrogens with zero attached hydrogens (tertiary/aromatic N) is 9. The number of nitrogens with one attached hydrogen (secondary N) is 1. The molecule has 4 fully saturated rings. The fourth-order valence-electron chi connectivity index (χ4n) is 12.9. The number of piperazine rings is 2. The number of ether oxygens (including phenoxy) is 5. The van der Waals surface area contributed by atoms with Gasteiger partial charge in [-0.05, 0) is 146 Å². The standard InChI is InChI=1S/C35H44N6O4.C30H36N6O2/c1-23-20-39(17-18-40(23)34(42)45-35(2,3)4)25-12-14-26(15-13-25)41-21-28(31-32(36)37-22-38-33(31)41)24-11-16-29(30(19-24)43-5)44-27-9-7-6-8-10-27;1-20-17-35(15-14-32-20)22-9-11-23(12-10-22)36-18-25(28-29(31)33-19-34-30(28)36)21-8-13-26(27(16-21)37-2)38-24-6-4-3-5-7-24/h6-11,16,19,21-23,25-26H,12-15,17-18,20H2,1-5H3,(H2,36,37,38);3-8,13,16,18-20,22-23,32H,9-12,14-15,17H2,1-2H3,(H2,31,33,34)/t23-,25?,26?;20-,22?,23?/m00/s1. The minimum Gasteiger partial charge on any atom is -0.493 e. The molecule has 1 amide bonds. The van der Waals surface area contributed by atoms with Crippen LogP contribution < -0.4 is 35.7 Å². The molecule has 83 heavy (non-hydrogen) atoms. The highest BCUT2D eigenvalue weighted by Gasteiger charge is 2.36. The van der Waals surface area contributed by atoms with Crippen LogP contribution in [-0.4, -0.2) is 133 Å². The first-order valence-corrected chi connectivity index (χ1v) is 29.5. The zero-order valence-electron chi connectivity index (χ0n) is 49.0. The van der Waals surface area contributed by atoms with E-state index in [1.165, 1.54) is 12.8 Å². The number of carbonyl (C=O) groups is 1. The molecule has 2 saturated carbocycles. The van der Waals surface area contributed by atoms with Crippen LogP contribution in [0.5, 0.6) is 34.5 Å². The van der Waals surface area contributed by atoms with Crippen LogP contribution in [0.4, 0.5) is 16.4 Å². The summed E-state index contributed by atoms with van der Waals surface area (Å²) in [7, 11) is 3.31. The molecule has 5 N–H and O–H groups in total. The minimum atomic E-state index is -0.489. The van der Waals surface area contributed by atoms with E-state index in [1.807, 2.05) is 117 Å². The Balaban J connectivity index is 0.000000176. The number of anilines is 2. The Bertz CT molecular complexity index is 3500. The summed E-state index contributed by atoms with van der Waals surface area (Å²) in [6, 6.07) is 33.9. The summed E-state index contributed by atoms with van der Waals surface area (Å²) >= 11 is 0. The van der Waals surface area contributed by atoms with Gasteiger partial charge in [0.1, 0.15) is 52.7 Å². The summed E-state index contributed by atoms with van der Waals surface area (Å²) in [6.45, 7) is 15.9. The number of rotatable bonds is 12. The first kappa shape index (κ1) is 56.9. The summed E-state index contributed by atoms with van der Waals surface area (Å²) < 4.78 is 33.9. The van der Waals surface area contributed by atoms with Gasteiger partial charge >= 0.3 is 6.09 Å². The van der Waals surface area contributed by atoms with Gasteiger partial charge in [-0.2, -0.15) is 0 Å². The van der Waals surface area contributed by atoms with Gasteiger partial charge in [-0.15, -0.1) is 0 Å². The third kappa shape index (κ3) is 12.7. The van der Waals surface area contributed by atoms with E-state index in [4.69, 9.17) is 45.1 Å². The van der Waals surface area contributed by atoms with Crippen LogP contribution in [0.15, 0.2) is 122 Å². The summed E-state index contributed by atoms with van der Waals surface area (Å²) in [5, 5.41) is 5.31. The number of benzene rings is 4. The molecule has 4 aliphatic rings. The Morgan fingerprint density at radius 3 is 1.46 bits per heavy atom. The highest BCUT2D eigenvalue weighted by molar-refractivity contribution is 6.02. The first-order valence-electron chi connectivity index (χ1n) is 29.5. The Kier molecular flexibility index (Phi) is 17.1. The number of hydrogen-bond acceptors (Lipinski definition) is 15. The van der Waals surface area contributed by atoms with E-state index in [-0.39, 0.29) is 12.1 Å². The van der Waals surface area contributed by atoms with Crippen LogP contribution in [0.1, 0.15) is 98.1 Å². The molecule has 18 heteroatoms. The molecule has 2 aliphatic carbocycles. The molecule has 6 heterocycles. The number of methoxy groups -OCH3 is 2. The van der Waals surface area contributed by atoms with Gasteiger partial charge in [0, 0.05) is 99.0 Å². The molecule has 2 saturated heterocycles. The third-order valence-electron chi connectivity index (χ3n) is 17.0. The van der Waals surface area contributed by atoms with E-state index in [0.717, 1.165) is 127 Å². The largest absolute Gasteiger partial charge is 0.493 e. The van der Waals surface area contributed by atoms with Crippen LogP contribution in [-0.2, 0) is 4.74 Å². The van der Waals surface area contributed by atoms with Crippen molar-refractivity contribution < 1.29 is 28.5 Å². The van der Waals surface area contributed by atoms with Gasteiger partial charge in [-0.25, -0.2) is 24.7 Å². The Labute approximate surface area is 487 Å². The normalized spacial score (nSPS) is 21.7. The molecule has 0 unspecified atom stereocenters. The monoisotopic (exact) mass is 1120 g/mol. The highest BCUT2D eigenvalue weighted by Crippen LogP contribution is 2.44. The maximum atomic E-state index is 12.7. The lowest BCUT2D eigenvalue weighted by Crippen LogP contribution is -2.57. The van der Waals surface area contributed by atoms with E-state index < -0.39 is 5.60 Å². The lowest BCUT2D eigenvalue weighted by atomic mass is 9.89. The molecule has 436 valence electrons. The summed E-state index contributed by atoms with van der Waals surface area (Å²) in [4.78, 5) is 37.9. The second-order valence-electron chi connectivity index (χ2n) is 23.7. The lowest BCUT2D eigenvalue weighted by molar-refractivity contribution is -0.00810. The molecule has 0 bridgehead atoms. The number of para-hydroxylation sites is 2. The van der Waals surface area contributed by atoms with Crippen molar-refractivity contribution in [3.05, 3.63) is 122 Å². The zero-order chi connectivity index (χ0) is 57.8. The van der Waals surface area contributed by atoms with Crippen molar-refractivity contribution >= 4 is 39.8 Å². The van der Waals surface area contributed by atoms with Crippen LogP contribution in [0.2, 0.25) is 0 Å². The Hall–Kier alpha value is -7.93. The smallest absolute Gasteiger partial charge is 0.410 e. The van der Waals surface area contributed by atoms with Crippen molar-refractivity contribution in [1.29, 1.82) is 0 Å². The van der Waals surface area contributed by atoms with Crippen molar-refractivity contribution in [2.24, 2.45) is 0 Å². The quantitative estimate of drug-likeness (QED) is 0.104. The molecule has 4 aromatic heterocycles. The molecule has 0 radical (unpaired) electrons. The molecule has 8 aromatic rings. The van der Waals surface area contributed by atoms with Gasteiger partial charge in [0.2, 0.25) is 0 Å². The lowest BCUT2D eigenvalue weighted by Gasteiger charge is -2.45. The molecule has 2 atom stereocenters. The van der Waals surface area contributed by atoms with Crippen LogP contribution >= 0.6 is 0 Å². The summed E-state index contributed by atoms with van der Waals surface area (Å²) in [6.07, 6.45) is 16.2. The maximum absolute atomic E-state index is 12.7. The topological polar surface area (TPSA) is 198 Å². The van der Waals surface area contributed by atoms with Crippen molar-refractivity contribution in [2.45, 2.75) is 128 Å². The van der Waals surface area contributed by atoms with E-state index in [0.29, 0.717) is 71.4 Å². The van der Waals surface area contributed by atoms with Crippen molar-refractivity contribution in [1.82, 2.24) is 49.1 Å². The van der Waals surface area contributed by atoms with Gasteiger partial charge < -0.3 is 54.5 Å². The fourth-order valence-corrected chi connectivity index (χ4v) is 12.9. The van der Waals surface area contributed by atoms with Gasteiger partial charge in [-0.3, -0.25) is 9.80 Å². The number of amides is 1. The van der Waals surface area contributed by atoms with Crippen LogP contribution in [0.3, 0.4) is 0 Å². The molecule has 12 rings (SSSR count). The third-order valence-corrected chi connectivity index (χ3v) is 17.0. The van der Waals surface area contributed by atoms with Crippen molar-refractivity contribution in [2.75, 3.05) is 65.0 Å². The first-order chi connectivity index (χ1) is 40.2. The van der Waals surface area contributed by atoms with Crippen molar-refractivity contribution in [3.63, 3.8) is 0 Å². The van der Waals surface area contributed by atoms with Crippen molar-refractivity contribution in [3.8, 4) is 56.8 Å². The Morgan fingerprint density at radius 1 is 0.566 bits per heavy atom. The Morgan fingerprint density at radius 2 is 1.02 bits per heavy atom. The van der Waals surface area contributed by atoms with E-state index in [1.54, 1.807) is 26.9 Å². The predicted octanol–water partition coefficient (Wildman–Crippen LogP) is 12.2. The van der Waals surface area contributed by atoms with E-state index in [9.17, 15) is 4.79 Å². The van der Waals surface area contributed by atoms with Gasteiger partial charge in [0.25, 0.3) is 0 Å². The van der Waals surface area contributed by atoms with Crippen LogP contribution in [0, 0.1) is 0 Å². The molecule has 0 spiro atoms. The highest BCUT2D eigenvalue weighted by atomic mass is 16.6. The van der Waals surface area contributed by atoms with E-state index in [2.05, 4.69) is 66.5 Å². The number of hydrogen-bond donors (Lipinski definition) is 3. The van der Waals surface area contributed by atoms with Gasteiger partial charge in [0.15, 0.2) is 23.0 Å². The average molecular weight is 1130 g/mol. The van der Waals surface area contributed by atoms with Gasteiger partial charge in [-0.1, -0.05) is 48.5 Å². The maximum Gasteiger partial charge on any atom is 0.410 e. The molecular weight excluding hydrogens is 1040 g/mol. The molecule has 18 nitrogen and oxygen atoms in total. The second kappa shape index (κ2) is 24.9. The minimum absolute atomic E-state index is 0.114. The number of aromatic nitrogens is 6. The average Bonchev–Trinajstić information content (AvgIpc) is 4.15. The molecule has 4 aromatic carbocycles. The predicted molar refractivity (Wildman–Crippen MR) is 326 cm³/mol. The van der Waals surface area contributed by atoms with E-state index >= 15 is 0 Å². The SMILES string of the molecule is COc1cc(-c2cn(C3CCC(N4CCN(C(=O)OC(C)(C)C)[C@@H](C)C4)CC3)c3ncnc(N)c23)ccc1Oc1ccccc1.COc1cc(-c2cn(C3CCC(N4CCN[C@@H](C)C4)CC3)c3ncnc(N)c23)ccc1Oc1ccccc1. The summed E-state index contributed by atoms with van der Waals surface area (Å²) in [5.74, 6) is 5.06. The fraction of sp³-hybridized carbons (Fsp3) is 0.431. The number of carbonyl (C=O) groups excluding carboxylic acids is 1. The zero-order valence-corrected chi connectivity index (χ0v) is 49.0. The molecule has 2 aliphatic heterocycles. The van der Waals surface area contributed by atoms with Crippen LogP contribution in [0.25, 0.3) is 44.3 Å². The molecular formula is C65H80N12O6. The van der Waals surface area contributed by atoms with Gasteiger partial charge in [0.05, 0.1) is 25.0 Å². The number of fused-ring (bicyclic) bond motifs is 2. The summed E-state index contributed by atoms with van der Waals surface area (Å²) in [5.41, 5.74) is 18.1.